The van der Waals surface area contributed by atoms with Gasteiger partial charge in [-0.3, -0.25) is 14.6 Å². The Hall–Kier alpha value is -2.29. The number of anilines is 1. The van der Waals surface area contributed by atoms with Crippen LogP contribution in [-0.4, -0.2) is 35.6 Å². The van der Waals surface area contributed by atoms with E-state index in [0.717, 1.165) is 0 Å². The van der Waals surface area contributed by atoms with Crippen LogP contribution in [0.1, 0.15) is 6.92 Å². The SMILES string of the molecule is CC(=O)N(O)c1ccc(-n2cnc3c(Cl)nc(Cl)nc32)nc1. The van der Waals surface area contributed by atoms with Crippen LogP contribution >= 0.6 is 23.2 Å². The number of amides is 1. The summed E-state index contributed by atoms with van der Waals surface area (Å²) >= 11 is 11.8. The molecule has 3 rings (SSSR count). The number of hydroxylamine groups is 1. The summed E-state index contributed by atoms with van der Waals surface area (Å²) in [6.45, 7) is 1.23. The number of pyridine rings is 1. The third-order valence-electron chi connectivity index (χ3n) is 2.85. The predicted octanol–water partition coefficient (Wildman–Crippen LogP) is 2.26. The molecule has 0 atom stereocenters. The third kappa shape index (κ3) is 2.47. The lowest BCUT2D eigenvalue weighted by Gasteiger charge is -2.12. The average molecular weight is 339 g/mol. The summed E-state index contributed by atoms with van der Waals surface area (Å²) in [5.41, 5.74) is 1.04. The molecule has 112 valence electrons. The Morgan fingerprint density at radius 2 is 2.05 bits per heavy atom. The van der Waals surface area contributed by atoms with Crippen molar-refractivity contribution >= 4 is 46.0 Å². The van der Waals surface area contributed by atoms with Gasteiger partial charge in [-0.25, -0.2) is 15.0 Å². The van der Waals surface area contributed by atoms with Crippen LogP contribution in [0.25, 0.3) is 17.0 Å². The summed E-state index contributed by atoms with van der Waals surface area (Å²) in [5.74, 6) is -0.0528. The smallest absolute Gasteiger partial charge is 0.247 e. The topological polar surface area (TPSA) is 97.0 Å². The minimum absolute atomic E-state index is 0.00557. The number of rotatable bonds is 2. The quantitative estimate of drug-likeness (QED) is 0.333. The van der Waals surface area contributed by atoms with E-state index in [9.17, 15) is 10.0 Å². The largest absolute Gasteiger partial charge is 0.281 e. The molecule has 22 heavy (non-hydrogen) atoms. The number of nitrogens with zero attached hydrogens (tertiary/aromatic N) is 6. The van der Waals surface area contributed by atoms with Crippen molar-refractivity contribution in [1.29, 1.82) is 0 Å². The van der Waals surface area contributed by atoms with Gasteiger partial charge >= 0.3 is 0 Å². The summed E-state index contributed by atoms with van der Waals surface area (Å²) < 4.78 is 1.56. The molecule has 0 unspecified atom stereocenters. The second kappa shape index (κ2) is 5.48. The van der Waals surface area contributed by atoms with Gasteiger partial charge in [0.2, 0.25) is 11.2 Å². The van der Waals surface area contributed by atoms with Crippen LogP contribution in [-0.2, 0) is 4.79 Å². The van der Waals surface area contributed by atoms with E-state index in [0.29, 0.717) is 22.0 Å². The highest BCUT2D eigenvalue weighted by Crippen LogP contribution is 2.23. The van der Waals surface area contributed by atoms with Crippen LogP contribution in [0.3, 0.4) is 0 Å². The summed E-state index contributed by atoms with van der Waals surface area (Å²) in [7, 11) is 0. The number of hydrogen-bond acceptors (Lipinski definition) is 6. The average Bonchev–Trinajstić information content (AvgIpc) is 2.90. The van der Waals surface area contributed by atoms with Crippen molar-refractivity contribution in [2.24, 2.45) is 0 Å². The standard InChI is InChI=1S/C12H8Cl2N6O2/c1-6(21)20(22)7-2-3-8(15-4-7)19-5-16-9-10(13)17-12(14)18-11(9)19/h2-5,22H,1H3. The molecule has 0 spiro atoms. The van der Waals surface area contributed by atoms with Crippen molar-refractivity contribution in [1.82, 2.24) is 24.5 Å². The van der Waals surface area contributed by atoms with E-state index in [2.05, 4.69) is 19.9 Å². The molecule has 0 saturated carbocycles. The van der Waals surface area contributed by atoms with Crippen LogP contribution in [0.15, 0.2) is 24.7 Å². The highest BCUT2D eigenvalue weighted by Gasteiger charge is 2.14. The van der Waals surface area contributed by atoms with Gasteiger partial charge in [-0.1, -0.05) is 11.6 Å². The molecule has 3 heterocycles. The molecular formula is C12H8Cl2N6O2. The summed E-state index contributed by atoms with van der Waals surface area (Å²) in [6, 6.07) is 3.12. The normalized spacial score (nSPS) is 10.9. The zero-order valence-electron chi connectivity index (χ0n) is 11.1. The molecule has 10 heteroatoms. The fraction of sp³-hybridized carbons (Fsp3) is 0.0833. The fourth-order valence-electron chi connectivity index (χ4n) is 1.84. The van der Waals surface area contributed by atoms with E-state index >= 15 is 0 Å². The number of fused-ring (bicyclic) bond motifs is 1. The van der Waals surface area contributed by atoms with Gasteiger partial charge in [0.05, 0.1) is 11.9 Å². The second-order valence-corrected chi connectivity index (χ2v) is 4.97. The highest BCUT2D eigenvalue weighted by atomic mass is 35.5. The first-order valence-corrected chi connectivity index (χ1v) is 6.75. The van der Waals surface area contributed by atoms with Gasteiger partial charge in [0, 0.05) is 6.92 Å². The zero-order chi connectivity index (χ0) is 15.9. The Morgan fingerprint density at radius 3 is 2.68 bits per heavy atom. The number of halogens is 2. The van der Waals surface area contributed by atoms with Crippen molar-refractivity contribution in [3.05, 3.63) is 35.1 Å². The van der Waals surface area contributed by atoms with E-state index in [1.807, 2.05) is 0 Å². The third-order valence-corrected chi connectivity index (χ3v) is 3.28. The molecule has 0 aromatic carbocycles. The first-order chi connectivity index (χ1) is 10.5. The van der Waals surface area contributed by atoms with Crippen LogP contribution in [0.4, 0.5) is 5.69 Å². The lowest BCUT2D eigenvalue weighted by Crippen LogP contribution is -2.23. The predicted molar refractivity (Wildman–Crippen MR) is 79.4 cm³/mol. The molecule has 0 fully saturated rings. The zero-order valence-corrected chi connectivity index (χ0v) is 12.6. The maximum atomic E-state index is 11.1. The Kier molecular flexibility index (Phi) is 3.65. The van der Waals surface area contributed by atoms with E-state index in [-0.39, 0.29) is 16.1 Å². The van der Waals surface area contributed by atoms with Crippen LogP contribution in [0, 0.1) is 0 Å². The number of aromatic nitrogens is 5. The Balaban J connectivity index is 2.07. The maximum Gasteiger partial charge on any atom is 0.247 e. The Labute approximate surface area is 133 Å². The summed E-state index contributed by atoms with van der Waals surface area (Å²) in [5, 5.41) is 10.2. The molecule has 0 saturated heterocycles. The molecular weight excluding hydrogens is 331 g/mol. The molecule has 0 aliphatic heterocycles. The van der Waals surface area contributed by atoms with Crippen LogP contribution < -0.4 is 5.06 Å². The van der Waals surface area contributed by atoms with E-state index in [4.69, 9.17) is 23.2 Å². The monoisotopic (exact) mass is 338 g/mol. The Morgan fingerprint density at radius 1 is 1.27 bits per heavy atom. The summed E-state index contributed by atoms with van der Waals surface area (Å²) in [4.78, 5) is 27.3. The van der Waals surface area contributed by atoms with Crippen molar-refractivity contribution in [2.45, 2.75) is 6.92 Å². The molecule has 0 aliphatic rings. The number of carbonyl (C=O) groups excluding carboxylic acids is 1. The van der Waals surface area contributed by atoms with E-state index < -0.39 is 5.91 Å². The van der Waals surface area contributed by atoms with Crippen molar-refractivity contribution in [3.8, 4) is 5.82 Å². The minimum Gasteiger partial charge on any atom is -0.281 e. The first kappa shape index (κ1) is 14.6. The molecule has 3 aromatic heterocycles. The van der Waals surface area contributed by atoms with Crippen molar-refractivity contribution in [2.75, 3.05) is 5.06 Å². The van der Waals surface area contributed by atoms with Gasteiger partial charge < -0.3 is 0 Å². The lowest BCUT2D eigenvalue weighted by molar-refractivity contribution is -0.121. The maximum absolute atomic E-state index is 11.1. The van der Waals surface area contributed by atoms with Gasteiger partial charge in [-0.05, 0) is 23.7 Å². The molecule has 3 aromatic rings. The molecule has 0 radical (unpaired) electrons. The molecule has 1 N–H and O–H groups in total. The van der Waals surface area contributed by atoms with E-state index in [1.165, 1.54) is 25.5 Å². The van der Waals surface area contributed by atoms with Gasteiger partial charge in [-0.2, -0.15) is 10.0 Å². The number of hydrogen-bond donors (Lipinski definition) is 1. The van der Waals surface area contributed by atoms with E-state index in [1.54, 1.807) is 10.6 Å². The molecule has 0 aliphatic carbocycles. The molecule has 1 amide bonds. The van der Waals surface area contributed by atoms with Gasteiger partial charge in [0.1, 0.15) is 17.7 Å². The number of carbonyl (C=O) groups is 1. The molecule has 0 bridgehead atoms. The minimum atomic E-state index is -0.520. The highest BCUT2D eigenvalue weighted by molar-refractivity contribution is 6.35. The van der Waals surface area contributed by atoms with Gasteiger partial charge in [0.25, 0.3) is 0 Å². The number of imidazole rings is 1. The van der Waals surface area contributed by atoms with Crippen LogP contribution in [0.2, 0.25) is 10.4 Å². The molecule has 8 nitrogen and oxygen atoms in total. The van der Waals surface area contributed by atoms with Gasteiger partial charge in [0.15, 0.2) is 10.8 Å². The lowest BCUT2D eigenvalue weighted by atomic mass is 10.4. The first-order valence-electron chi connectivity index (χ1n) is 5.99. The second-order valence-electron chi connectivity index (χ2n) is 4.28. The van der Waals surface area contributed by atoms with Gasteiger partial charge in [-0.15, -0.1) is 0 Å². The fourth-order valence-corrected chi connectivity index (χ4v) is 2.26. The van der Waals surface area contributed by atoms with Crippen molar-refractivity contribution in [3.63, 3.8) is 0 Å². The van der Waals surface area contributed by atoms with Crippen molar-refractivity contribution < 1.29 is 10.0 Å². The van der Waals surface area contributed by atoms with Crippen LogP contribution in [0.5, 0.6) is 0 Å². The Bertz CT molecular complexity index is 864. The summed E-state index contributed by atoms with van der Waals surface area (Å²) in [6.07, 6.45) is 2.82.